The van der Waals surface area contributed by atoms with Crippen molar-refractivity contribution in [3.8, 4) is 11.8 Å². The molecule has 0 spiro atoms. The summed E-state index contributed by atoms with van der Waals surface area (Å²) in [6, 6.07) is 11.9. The first-order valence-electron chi connectivity index (χ1n) is 10.00. The molecule has 31 heavy (non-hydrogen) atoms. The van der Waals surface area contributed by atoms with Gasteiger partial charge in [0.2, 0.25) is 5.88 Å². The van der Waals surface area contributed by atoms with E-state index < -0.39 is 5.92 Å². The van der Waals surface area contributed by atoms with E-state index in [4.69, 9.17) is 15.2 Å². The average Bonchev–Trinajstić information content (AvgIpc) is 3.06. The summed E-state index contributed by atoms with van der Waals surface area (Å²) in [4.78, 5) is 15.1. The maximum absolute atomic E-state index is 13.1. The second-order valence-corrected chi connectivity index (χ2v) is 10.9. The monoisotopic (exact) mass is 498 g/mol. The molecular weight excluding hydrogens is 476 g/mol. The zero-order valence-electron chi connectivity index (χ0n) is 17.6. The highest BCUT2D eigenvalue weighted by atomic mass is 79.9. The lowest BCUT2D eigenvalue weighted by atomic mass is 9.71. The Balaban J connectivity index is 1.68. The highest BCUT2D eigenvalue weighted by Gasteiger charge is 2.43. The van der Waals surface area contributed by atoms with Crippen molar-refractivity contribution >= 4 is 33.0 Å². The van der Waals surface area contributed by atoms with E-state index in [1.807, 2.05) is 51.1 Å². The van der Waals surface area contributed by atoms with E-state index in [9.17, 15) is 10.1 Å². The lowest BCUT2D eigenvalue weighted by molar-refractivity contribution is -0.119. The number of hydrogen-bond acceptors (Lipinski definition) is 6. The Morgan fingerprint density at radius 2 is 2.03 bits per heavy atom. The summed E-state index contributed by atoms with van der Waals surface area (Å²) in [7, 11) is 0. The zero-order valence-corrected chi connectivity index (χ0v) is 20.0. The quantitative estimate of drug-likeness (QED) is 0.571. The molecule has 1 aliphatic heterocycles. The van der Waals surface area contributed by atoms with Gasteiger partial charge in [-0.2, -0.15) is 5.26 Å². The van der Waals surface area contributed by atoms with Crippen LogP contribution in [0.3, 0.4) is 0 Å². The van der Waals surface area contributed by atoms with Gasteiger partial charge in [-0.25, -0.2) is 0 Å². The van der Waals surface area contributed by atoms with Crippen LogP contribution < -0.4 is 10.5 Å². The number of nitrogens with two attached hydrogens (primary N) is 1. The van der Waals surface area contributed by atoms with E-state index in [-0.39, 0.29) is 17.1 Å². The summed E-state index contributed by atoms with van der Waals surface area (Å²) in [5.74, 6) is 1.01. The fraction of sp³-hybridized carbons (Fsp3) is 0.333. The smallest absolute Gasteiger partial charge is 0.205 e. The van der Waals surface area contributed by atoms with Gasteiger partial charge in [0.1, 0.15) is 29.8 Å². The average molecular weight is 499 g/mol. The Labute approximate surface area is 194 Å². The van der Waals surface area contributed by atoms with Crippen molar-refractivity contribution in [2.75, 3.05) is 0 Å². The number of aryl methyl sites for hydroxylation is 1. The van der Waals surface area contributed by atoms with Gasteiger partial charge < -0.3 is 15.2 Å². The zero-order chi connectivity index (χ0) is 22.3. The Morgan fingerprint density at radius 3 is 2.71 bits per heavy atom. The second kappa shape index (κ2) is 8.18. The van der Waals surface area contributed by atoms with Crippen LogP contribution in [0, 0.1) is 23.7 Å². The minimum absolute atomic E-state index is 0.0233. The van der Waals surface area contributed by atoms with Crippen molar-refractivity contribution in [2.45, 2.75) is 46.1 Å². The van der Waals surface area contributed by atoms with E-state index in [0.29, 0.717) is 36.4 Å². The van der Waals surface area contributed by atoms with Crippen LogP contribution >= 0.6 is 27.3 Å². The molecule has 2 aliphatic rings. The first-order valence-corrected chi connectivity index (χ1v) is 11.6. The number of nitrogens with zero attached hydrogens (tertiary/aromatic N) is 1. The fourth-order valence-corrected chi connectivity index (χ4v) is 5.51. The van der Waals surface area contributed by atoms with Crippen LogP contribution in [0.2, 0.25) is 0 Å². The van der Waals surface area contributed by atoms with Crippen molar-refractivity contribution in [2.24, 2.45) is 11.1 Å². The molecule has 1 aromatic heterocycles. The summed E-state index contributed by atoms with van der Waals surface area (Å²) in [5, 5.41) is 9.80. The highest BCUT2D eigenvalue weighted by Crippen LogP contribution is 2.49. The number of carbonyl (C=O) groups is 1. The molecule has 1 aliphatic carbocycles. The summed E-state index contributed by atoms with van der Waals surface area (Å²) in [6.45, 7) is 6.51. The van der Waals surface area contributed by atoms with E-state index in [1.54, 1.807) is 11.3 Å². The number of carbonyl (C=O) groups excluding carboxylic acids is 1. The number of thiophene rings is 1. The third-order valence-corrected chi connectivity index (χ3v) is 7.29. The summed E-state index contributed by atoms with van der Waals surface area (Å²) >= 11 is 4.99. The molecule has 2 N–H and O–H groups in total. The molecule has 5 nitrogen and oxygen atoms in total. The number of nitriles is 1. The topological polar surface area (TPSA) is 85.3 Å². The molecule has 0 radical (unpaired) electrons. The Bertz CT molecular complexity index is 1150. The Morgan fingerprint density at radius 1 is 1.32 bits per heavy atom. The van der Waals surface area contributed by atoms with Crippen molar-refractivity contribution in [1.29, 1.82) is 5.26 Å². The number of allylic oxidation sites excluding steroid dienone is 3. The highest BCUT2D eigenvalue weighted by molar-refractivity contribution is 9.10. The maximum atomic E-state index is 13.1. The molecule has 160 valence electrons. The van der Waals surface area contributed by atoms with E-state index in [2.05, 4.69) is 22.0 Å². The van der Waals surface area contributed by atoms with Crippen LogP contribution in [-0.2, 0) is 16.1 Å². The standard InChI is InChI=1S/C24H23BrN2O3S/c1-13-14(12-29-16-6-4-15(25)5-7-16)8-20(31-13)21-17(11-26)23(27)30-19-10-24(2,3)9-18(28)22(19)21/h4-8,21H,9-10,12,27H2,1-3H3. The van der Waals surface area contributed by atoms with Crippen LogP contribution in [-0.4, -0.2) is 5.78 Å². The number of benzene rings is 1. The van der Waals surface area contributed by atoms with E-state index in [0.717, 1.165) is 25.5 Å². The molecule has 2 heterocycles. The summed E-state index contributed by atoms with van der Waals surface area (Å²) < 4.78 is 12.7. The maximum Gasteiger partial charge on any atom is 0.205 e. The van der Waals surface area contributed by atoms with Gasteiger partial charge in [0, 0.05) is 38.2 Å². The van der Waals surface area contributed by atoms with Crippen LogP contribution in [0.15, 0.2) is 57.6 Å². The van der Waals surface area contributed by atoms with Gasteiger partial charge in [-0.05, 0) is 42.7 Å². The first-order chi connectivity index (χ1) is 14.7. The molecule has 0 saturated heterocycles. The van der Waals surface area contributed by atoms with Gasteiger partial charge in [-0.3, -0.25) is 4.79 Å². The molecule has 7 heteroatoms. The van der Waals surface area contributed by atoms with E-state index in [1.165, 1.54) is 0 Å². The van der Waals surface area contributed by atoms with Crippen molar-refractivity contribution in [1.82, 2.24) is 0 Å². The molecule has 1 atom stereocenters. The molecule has 1 unspecified atom stereocenters. The number of rotatable bonds is 4. The van der Waals surface area contributed by atoms with Gasteiger partial charge in [0.05, 0.1) is 5.92 Å². The van der Waals surface area contributed by atoms with Crippen molar-refractivity contribution < 1.29 is 14.3 Å². The Kier molecular flexibility index (Phi) is 5.71. The number of halogens is 1. The molecule has 0 amide bonds. The first kappa shape index (κ1) is 21.7. The molecular formula is C24H23BrN2O3S. The van der Waals surface area contributed by atoms with Crippen LogP contribution in [0.1, 0.15) is 47.9 Å². The van der Waals surface area contributed by atoms with Crippen LogP contribution in [0.5, 0.6) is 5.75 Å². The van der Waals surface area contributed by atoms with Crippen LogP contribution in [0.4, 0.5) is 0 Å². The summed E-state index contributed by atoms with van der Waals surface area (Å²) in [6.07, 6.45) is 1.04. The predicted molar refractivity (Wildman–Crippen MR) is 123 cm³/mol. The molecule has 2 aromatic rings. The largest absolute Gasteiger partial charge is 0.489 e. The fourth-order valence-electron chi connectivity index (χ4n) is 4.09. The van der Waals surface area contributed by atoms with Gasteiger partial charge in [0.25, 0.3) is 0 Å². The number of Topliss-reactive ketones (excluding diaryl/α,β-unsaturated/α-hetero) is 1. The minimum atomic E-state index is -0.484. The summed E-state index contributed by atoms with van der Waals surface area (Å²) in [5.41, 5.74) is 7.82. The number of ether oxygens (including phenoxy) is 2. The predicted octanol–water partition coefficient (Wildman–Crippen LogP) is 5.85. The third kappa shape index (κ3) is 4.28. The van der Waals surface area contributed by atoms with Gasteiger partial charge >= 0.3 is 0 Å². The molecule has 0 saturated carbocycles. The molecule has 1 aromatic carbocycles. The van der Waals surface area contributed by atoms with Crippen LogP contribution in [0.25, 0.3) is 0 Å². The molecule has 0 fully saturated rings. The lowest BCUT2D eigenvalue weighted by Crippen LogP contribution is -2.33. The lowest BCUT2D eigenvalue weighted by Gasteiger charge is -2.36. The van der Waals surface area contributed by atoms with Gasteiger partial charge in [-0.1, -0.05) is 29.8 Å². The normalized spacial score (nSPS) is 20.2. The van der Waals surface area contributed by atoms with E-state index >= 15 is 0 Å². The second-order valence-electron chi connectivity index (χ2n) is 8.68. The van der Waals surface area contributed by atoms with Gasteiger partial charge in [0.15, 0.2) is 5.78 Å². The third-order valence-electron chi connectivity index (χ3n) is 5.61. The van der Waals surface area contributed by atoms with Crippen molar-refractivity contribution in [3.05, 3.63) is 72.9 Å². The Hall–Kier alpha value is -2.56. The number of ketones is 1. The molecule has 0 bridgehead atoms. The SMILES string of the molecule is Cc1sc(C2C(C#N)=C(N)OC3=C2C(=O)CC(C)(C)C3)cc1COc1ccc(Br)cc1. The number of hydrogen-bond donors (Lipinski definition) is 1. The van der Waals surface area contributed by atoms with Crippen molar-refractivity contribution in [3.63, 3.8) is 0 Å². The minimum Gasteiger partial charge on any atom is -0.489 e. The molecule has 4 rings (SSSR count). The van der Waals surface area contributed by atoms with Gasteiger partial charge in [-0.15, -0.1) is 11.3 Å².